The van der Waals surface area contributed by atoms with E-state index in [0.717, 1.165) is 40.4 Å². The van der Waals surface area contributed by atoms with Gasteiger partial charge in [-0.3, -0.25) is 0 Å². The molecule has 0 aliphatic rings. The van der Waals surface area contributed by atoms with Crippen LogP contribution >= 0.6 is 11.3 Å². The predicted octanol–water partition coefficient (Wildman–Crippen LogP) is 3.20. The molecule has 2 heterocycles. The van der Waals surface area contributed by atoms with E-state index in [4.69, 9.17) is 4.99 Å². The Bertz CT molecular complexity index is 898. The first-order chi connectivity index (χ1) is 13.6. The molecule has 0 saturated carbocycles. The molecule has 1 aromatic carbocycles. The quantitative estimate of drug-likeness (QED) is 0.473. The van der Waals surface area contributed by atoms with Crippen molar-refractivity contribution >= 4 is 22.4 Å². The van der Waals surface area contributed by atoms with Gasteiger partial charge in [0.05, 0.1) is 30.7 Å². The monoisotopic (exact) mass is 397 g/mol. The number of nitrogens with one attached hydrogen (secondary N) is 2. The first-order valence-corrected chi connectivity index (χ1v) is 10.1. The van der Waals surface area contributed by atoms with Crippen LogP contribution in [0.4, 0.5) is 5.13 Å². The van der Waals surface area contributed by atoms with E-state index in [1.54, 1.807) is 11.3 Å². The van der Waals surface area contributed by atoms with Gasteiger partial charge in [-0.05, 0) is 12.5 Å². The summed E-state index contributed by atoms with van der Waals surface area (Å²) in [5, 5.41) is 6.39. The number of benzene rings is 1. The molecule has 2 aromatic heterocycles. The number of thiazole rings is 1. The summed E-state index contributed by atoms with van der Waals surface area (Å²) in [7, 11) is 6.01. The van der Waals surface area contributed by atoms with Crippen LogP contribution in [-0.4, -0.2) is 53.5 Å². The average molecular weight is 398 g/mol. The summed E-state index contributed by atoms with van der Waals surface area (Å²) in [5.41, 5.74) is 3.12. The highest BCUT2D eigenvalue weighted by Gasteiger charge is 2.11. The van der Waals surface area contributed by atoms with Crippen molar-refractivity contribution in [1.82, 2.24) is 25.2 Å². The number of anilines is 1. The maximum absolute atomic E-state index is 4.73. The van der Waals surface area contributed by atoms with Gasteiger partial charge < -0.3 is 20.1 Å². The maximum Gasteiger partial charge on any atom is 0.194 e. The normalized spacial score (nSPS) is 11.5. The number of rotatable bonds is 7. The molecule has 3 aromatic rings. The van der Waals surface area contributed by atoms with Crippen molar-refractivity contribution in [3.8, 4) is 11.3 Å². The molecule has 0 saturated heterocycles. The fourth-order valence-corrected chi connectivity index (χ4v) is 3.46. The lowest BCUT2D eigenvalue weighted by atomic mass is 10.2. The zero-order valence-electron chi connectivity index (χ0n) is 16.8. The zero-order chi connectivity index (χ0) is 19.9. The number of hydrogen-bond acceptors (Lipinski definition) is 5. The third-order valence-electron chi connectivity index (χ3n) is 4.11. The first-order valence-electron chi connectivity index (χ1n) is 9.27. The smallest absolute Gasteiger partial charge is 0.194 e. The van der Waals surface area contributed by atoms with Crippen LogP contribution in [0.5, 0.6) is 0 Å². The van der Waals surface area contributed by atoms with Crippen LogP contribution in [-0.2, 0) is 13.1 Å². The molecule has 0 aliphatic heterocycles. The summed E-state index contributed by atoms with van der Waals surface area (Å²) in [6.45, 7) is 4.05. The Morgan fingerprint density at radius 2 is 2.00 bits per heavy atom. The Morgan fingerprint density at radius 1 is 1.21 bits per heavy atom. The lowest BCUT2D eigenvalue weighted by molar-refractivity contribution is 0.464. The Morgan fingerprint density at radius 3 is 2.68 bits per heavy atom. The second-order valence-electron chi connectivity index (χ2n) is 6.65. The topological polar surface area (TPSA) is 72.4 Å². The number of nitrogens with zero attached hydrogens (tertiary/aromatic N) is 5. The largest absolute Gasteiger partial charge is 0.357 e. The number of H-pyrrole nitrogens is 1. The molecule has 148 valence electrons. The summed E-state index contributed by atoms with van der Waals surface area (Å²) >= 11 is 1.63. The molecule has 0 bridgehead atoms. The van der Waals surface area contributed by atoms with Crippen molar-refractivity contribution in [3.63, 3.8) is 0 Å². The van der Waals surface area contributed by atoms with Crippen molar-refractivity contribution in [2.45, 2.75) is 20.0 Å². The minimum absolute atomic E-state index is 0.546. The minimum Gasteiger partial charge on any atom is -0.357 e. The summed E-state index contributed by atoms with van der Waals surface area (Å²) < 4.78 is 0. The van der Waals surface area contributed by atoms with Crippen molar-refractivity contribution in [3.05, 3.63) is 53.4 Å². The van der Waals surface area contributed by atoms with Crippen LogP contribution < -0.4 is 10.2 Å². The average Bonchev–Trinajstić information content (AvgIpc) is 3.35. The highest BCUT2D eigenvalue weighted by Crippen LogP contribution is 2.19. The van der Waals surface area contributed by atoms with Crippen LogP contribution in [0.15, 0.2) is 46.9 Å². The Balaban J connectivity index is 1.67. The van der Waals surface area contributed by atoms with Crippen molar-refractivity contribution in [2.75, 3.05) is 32.6 Å². The van der Waals surface area contributed by atoms with Crippen LogP contribution in [0, 0.1) is 0 Å². The highest BCUT2D eigenvalue weighted by atomic mass is 32.1. The second kappa shape index (κ2) is 9.36. The molecule has 0 spiro atoms. The van der Waals surface area contributed by atoms with Gasteiger partial charge in [0.15, 0.2) is 11.1 Å². The summed E-state index contributed by atoms with van der Waals surface area (Å²) in [6, 6.07) is 10.2. The van der Waals surface area contributed by atoms with Crippen molar-refractivity contribution in [2.24, 2.45) is 4.99 Å². The van der Waals surface area contributed by atoms with E-state index in [1.165, 1.54) is 0 Å². The Labute approximate surface area is 170 Å². The third-order valence-corrected chi connectivity index (χ3v) is 5.17. The zero-order valence-corrected chi connectivity index (χ0v) is 17.6. The van der Waals surface area contributed by atoms with Crippen LogP contribution in [0.25, 0.3) is 11.3 Å². The molecular formula is C20H27N7S. The van der Waals surface area contributed by atoms with Gasteiger partial charge in [-0.15, -0.1) is 11.3 Å². The lowest BCUT2D eigenvalue weighted by Gasteiger charge is -2.20. The van der Waals surface area contributed by atoms with E-state index in [2.05, 4.69) is 49.6 Å². The molecule has 0 fully saturated rings. The van der Waals surface area contributed by atoms with Gasteiger partial charge in [0.2, 0.25) is 0 Å². The van der Waals surface area contributed by atoms with Crippen LogP contribution in [0.3, 0.4) is 0 Å². The van der Waals surface area contributed by atoms with E-state index in [1.807, 2.05) is 50.4 Å². The summed E-state index contributed by atoms with van der Waals surface area (Å²) in [5.74, 6) is 1.73. The number of guanidine groups is 1. The van der Waals surface area contributed by atoms with E-state index >= 15 is 0 Å². The van der Waals surface area contributed by atoms with Crippen LogP contribution in [0.2, 0.25) is 0 Å². The van der Waals surface area contributed by atoms with Gasteiger partial charge >= 0.3 is 0 Å². The fraction of sp³-hybridized carbons (Fsp3) is 0.350. The second-order valence-corrected chi connectivity index (χ2v) is 7.49. The van der Waals surface area contributed by atoms with Gasteiger partial charge in [-0.1, -0.05) is 30.3 Å². The molecule has 0 radical (unpaired) electrons. The third kappa shape index (κ3) is 5.10. The van der Waals surface area contributed by atoms with E-state index < -0.39 is 0 Å². The molecule has 2 N–H and O–H groups in total. The van der Waals surface area contributed by atoms with E-state index in [9.17, 15) is 0 Å². The number of hydrogen-bond donors (Lipinski definition) is 2. The number of aliphatic imine (C=N–C) groups is 1. The van der Waals surface area contributed by atoms with E-state index in [0.29, 0.717) is 13.1 Å². The molecule has 7 nitrogen and oxygen atoms in total. The fourth-order valence-electron chi connectivity index (χ4n) is 2.71. The Hall–Kier alpha value is -2.87. The first kappa shape index (κ1) is 19.9. The van der Waals surface area contributed by atoms with Crippen molar-refractivity contribution < 1.29 is 0 Å². The SMILES string of the molecule is CCNC(=NCc1csc(N(C)C)n1)N(C)Cc1ncc(-c2ccccc2)[nH]1. The predicted molar refractivity (Wildman–Crippen MR) is 117 cm³/mol. The highest BCUT2D eigenvalue weighted by molar-refractivity contribution is 7.13. The number of imidazole rings is 1. The van der Waals surface area contributed by atoms with Gasteiger partial charge in [0.25, 0.3) is 0 Å². The maximum atomic E-state index is 4.73. The molecule has 0 aliphatic carbocycles. The minimum atomic E-state index is 0.546. The van der Waals surface area contributed by atoms with Crippen LogP contribution in [0.1, 0.15) is 18.4 Å². The van der Waals surface area contributed by atoms with E-state index in [-0.39, 0.29) is 0 Å². The molecule has 3 rings (SSSR count). The molecule has 0 unspecified atom stereocenters. The lowest BCUT2D eigenvalue weighted by Crippen LogP contribution is -2.38. The summed E-state index contributed by atoms with van der Waals surface area (Å²) in [4.78, 5) is 21.3. The molecule has 0 amide bonds. The van der Waals surface area contributed by atoms with Gasteiger partial charge in [-0.2, -0.15) is 0 Å². The molecule has 28 heavy (non-hydrogen) atoms. The number of aromatic nitrogens is 3. The Kier molecular flexibility index (Phi) is 6.65. The van der Waals surface area contributed by atoms with Gasteiger partial charge in [0, 0.05) is 33.1 Å². The standard InChI is InChI=1S/C20H27N7S/c1-5-21-19(23-11-16-14-28-20(24-16)26(2)3)27(4)13-18-22-12-17(25-18)15-9-7-6-8-10-15/h6-10,12,14H,5,11,13H2,1-4H3,(H,21,23)(H,22,25). The van der Waals surface area contributed by atoms with Crippen molar-refractivity contribution in [1.29, 1.82) is 0 Å². The van der Waals surface area contributed by atoms with Gasteiger partial charge in [-0.25, -0.2) is 15.0 Å². The molecule has 0 atom stereocenters. The molecule has 8 heteroatoms. The number of aromatic amines is 1. The van der Waals surface area contributed by atoms with Gasteiger partial charge in [0.1, 0.15) is 5.82 Å². The molecular weight excluding hydrogens is 370 g/mol. The summed E-state index contributed by atoms with van der Waals surface area (Å²) in [6.07, 6.45) is 1.88.